The van der Waals surface area contributed by atoms with E-state index in [1.807, 2.05) is 6.92 Å². The van der Waals surface area contributed by atoms with Gasteiger partial charge >= 0.3 is 5.97 Å². The lowest BCUT2D eigenvalue weighted by Crippen LogP contribution is -2.50. The van der Waals surface area contributed by atoms with Crippen molar-refractivity contribution in [3.8, 4) is 0 Å². The fourth-order valence-corrected chi connectivity index (χ4v) is 2.91. The first kappa shape index (κ1) is 15.0. The van der Waals surface area contributed by atoms with E-state index in [-0.39, 0.29) is 11.8 Å². The Morgan fingerprint density at radius 1 is 1.28 bits per heavy atom. The Labute approximate surface area is 109 Å². The van der Waals surface area contributed by atoms with Gasteiger partial charge in [-0.15, -0.1) is 0 Å². The third kappa shape index (κ3) is 3.24. The van der Waals surface area contributed by atoms with Crippen molar-refractivity contribution >= 4 is 11.9 Å². The van der Waals surface area contributed by atoms with Gasteiger partial charge in [0, 0.05) is 12.5 Å². The topological polar surface area (TPSA) is 57.6 Å². The molecule has 1 aliphatic rings. The van der Waals surface area contributed by atoms with Crippen LogP contribution in [0.4, 0.5) is 0 Å². The number of likely N-dealkylation sites (tertiary alicyclic amines) is 1. The number of hydrogen-bond donors (Lipinski definition) is 1. The van der Waals surface area contributed by atoms with Gasteiger partial charge in [0.25, 0.3) is 0 Å². The summed E-state index contributed by atoms with van der Waals surface area (Å²) >= 11 is 0. The zero-order valence-corrected chi connectivity index (χ0v) is 11.7. The van der Waals surface area contributed by atoms with Crippen LogP contribution >= 0.6 is 0 Å². The van der Waals surface area contributed by atoms with Crippen molar-refractivity contribution in [1.82, 2.24) is 4.90 Å². The van der Waals surface area contributed by atoms with Gasteiger partial charge in [-0.3, -0.25) is 4.79 Å². The van der Waals surface area contributed by atoms with Gasteiger partial charge in [-0.05, 0) is 25.2 Å². The van der Waals surface area contributed by atoms with E-state index in [9.17, 15) is 14.7 Å². The van der Waals surface area contributed by atoms with Crippen molar-refractivity contribution in [2.24, 2.45) is 11.8 Å². The van der Waals surface area contributed by atoms with E-state index in [1.165, 1.54) is 0 Å². The molecular formula is C14H25NO3. The first-order valence-electron chi connectivity index (χ1n) is 7.06. The maximum atomic E-state index is 12.4. The molecular weight excluding hydrogens is 230 g/mol. The molecule has 0 saturated carbocycles. The third-order valence-electron chi connectivity index (χ3n) is 4.22. The summed E-state index contributed by atoms with van der Waals surface area (Å²) in [6.45, 7) is 6.71. The molecule has 0 bridgehead atoms. The second-order valence-electron chi connectivity index (χ2n) is 5.25. The number of carboxylic acid groups (broad SMARTS) is 1. The lowest BCUT2D eigenvalue weighted by molar-refractivity contribution is -0.154. The molecule has 18 heavy (non-hydrogen) atoms. The Morgan fingerprint density at radius 2 is 1.89 bits per heavy atom. The normalized spacial score (nSPS) is 22.0. The summed E-state index contributed by atoms with van der Waals surface area (Å²) in [4.78, 5) is 25.2. The van der Waals surface area contributed by atoms with E-state index in [4.69, 9.17) is 0 Å². The molecule has 1 fully saturated rings. The number of rotatable bonds is 5. The SMILES string of the molecule is CCC(CC)C(C)C(=O)N1CCCC[C@@H]1C(=O)O. The number of piperidine rings is 1. The van der Waals surface area contributed by atoms with Crippen LogP contribution < -0.4 is 0 Å². The number of carbonyl (C=O) groups excluding carboxylic acids is 1. The van der Waals surface area contributed by atoms with Gasteiger partial charge in [0.05, 0.1) is 0 Å². The Balaban J connectivity index is 2.76. The molecule has 0 spiro atoms. The molecule has 1 rings (SSSR count). The fourth-order valence-electron chi connectivity index (χ4n) is 2.91. The molecule has 0 aliphatic carbocycles. The Morgan fingerprint density at radius 3 is 2.39 bits per heavy atom. The van der Waals surface area contributed by atoms with Crippen molar-refractivity contribution in [2.75, 3.05) is 6.54 Å². The van der Waals surface area contributed by atoms with Crippen LogP contribution in [0.1, 0.15) is 52.9 Å². The van der Waals surface area contributed by atoms with Gasteiger partial charge in [0.2, 0.25) is 5.91 Å². The number of amides is 1. The summed E-state index contributed by atoms with van der Waals surface area (Å²) in [5, 5.41) is 9.20. The van der Waals surface area contributed by atoms with Crippen LogP contribution in [0, 0.1) is 11.8 Å². The molecule has 104 valence electrons. The number of nitrogens with zero attached hydrogens (tertiary/aromatic N) is 1. The quantitative estimate of drug-likeness (QED) is 0.821. The van der Waals surface area contributed by atoms with Gasteiger partial charge < -0.3 is 10.0 Å². The largest absolute Gasteiger partial charge is 0.480 e. The van der Waals surface area contributed by atoms with Crippen LogP contribution in [0.15, 0.2) is 0 Å². The minimum Gasteiger partial charge on any atom is -0.480 e. The van der Waals surface area contributed by atoms with Gasteiger partial charge in [0.1, 0.15) is 6.04 Å². The van der Waals surface area contributed by atoms with Crippen molar-refractivity contribution < 1.29 is 14.7 Å². The van der Waals surface area contributed by atoms with Crippen molar-refractivity contribution in [3.63, 3.8) is 0 Å². The highest BCUT2D eigenvalue weighted by Gasteiger charge is 2.35. The smallest absolute Gasteiger partial charge is 0.326 e. The highest BCUT2D eigenvalue weighted by molar-refractivity contribution is 5.85. The Bertz CT molecular complexity index is 299. The van der Waals surface area contributed by atoms with Crippen LogP contribution in [0.5, 0.6) is 0 Å². The van der Waals surface area contributed by atoms with Crippen molar-refractivity contribution in [3.05, 3.63) is 0 Å². The van der Waals surface area contributed by atoms with E-state index >= 15 is 0 Å². The molecule has 0 aromatic rings. The second-order valence-corrected chi connectivity index (χ2v) is 5.25. The summed E-state index contributed by atoms with van der Waals surface area (Å²) in [7, 11) is 0. The second kappa shape index (κ2) is 6.76. The van der Waals surface area contributed by atoms with E-state index in [1.54, 1.807) is 4.90 Å². The number of carbonyl (C=O) groups is 2. The van der Waals surface area contributed by atoms with E-state index in [2.05, 4.69) is 13.8 Å². The van der Waals surface area contributed by atoms with Crippen LogP contribution in [0.25, 0.3) is 0 Å². The van der Waals surface area contributed by atoms with Crippen LogP contribution in [0.3, 0.4) is 0 Å². The van der Waals surface area contributed by atoms with Crippen LogP contribution in [-0.4, -0.2) is 34.5 Å². The number of carboxylic acids is 1. The summed E-state index contributed by atoms with van der Waals surface area (Å²) in [6.07, 6.45) is 4.35. The standard InChI is InChI=1S/C14H25NO3/c1-4-11(5-2)10(3)13(16)15-9-7-6-8-12(15)14(17)18/h10-12H,4-9H2,1-3H3,(H,17,18)/t10?,12-/m1/s1. The highest BCUT2D eigenvalue weighted by Crippen LogP contribution is 2.25. The predicted octanol–water partition coefficient (Wildman–Crippen LogP) is 2.52. The summed E-state index contributed by atoms with van der Waals surface area (Å²) < 4.78 is 0. The Hall–Kier alpha value is -1.06. The maximum absolute atomic E-state index is 12.4. The minimum atomic E-state index is -0.861. The molecule has 1 N–H and O–H groups in total. The zero-order valence-electron chi connectivity index (χ0n) is 11.7. The van der Waals surface area contributed by atoms with Gasteiger partial charge in [-0.1, -0.05) is 33.6 Å². The molecule has 4 nitrogen and oxygen atoms in total. The average molecular weight is 255 g/mol. The van der Waals surface area contributed by atoms with E-state index < -0.39 is 12.0 Å². The van der Waals surface area contributed by atoms with Gasteiger partial charge in [0.15, 0.2) is 0 Å². The van der Waals surface area contributed by atoms with Crippen molar-refractivity contribution in [1.29, 1.82) is 0 Å². The molecule has 0 aromatic heterocycles. The molecule has 2 atom stereocenters. The van der Waals surface area contributed by atoms with Gasteiger partial charge in [-0.25, -0.2) is 4.79 Å². The van der Waals surface area contributed by atoms with Crippen molar-refractivity contribution in [2.45, 2.75) is 58.9 Å². The van der Waals surface area contributed by atoms with E-state index in [0.717, 1.165) is 25.7 Å². The molecule has 1 heterocycles. The average Bonchev–Trinajstić information content (AvgIpc) is 2.39. The Kier molecular flexibility index (Phi) is 5.63. The molecule has 0 aromatic carbocycles. The van der Waals surface area contributed by atoms with Crippen LogP contribution in [-0.2, 0) is 9.59 Å². The number of aliphatic carboxylic acids is 1. The molecule has 1 amide bonds. The molecule has 0 radical (unpaired) electrons. The number of hydrogen-bond acceptors (Lipinski definition) is 2. The summed E-state index contributed by atoms with van der Waals surface area (Å²) in [5.41, 5.74) is 0. The van der Waals surface area contributed by atoms with Gasteiger partial charge in [-0.2, -0.15) is 0 Å². The molecule has 1 saturated heterocycles. The van der Waals surface area contributed by atoms with Crippen LogP contribution in [0.2, 0.25) is 0 Å². The molecule has 4 heteroatoms. The third-order valence-corrected chi connectivity index (χ3v) is 4.22. The minimum absolute atomic E-state index is 0.0239. The predicted molar refractivity (Wildman–Crippen MR) is 70.2 cm³/mol. The monoisotopic (exact) mass is 255 g/mol. The maximum Gasteiger partial charge on any atom is 0.326 e. The summed E-state index contributed by atoms with van der Waals surface area (Å²) in [6, 6.07) is -0.608. The first-order chi connectivity index (χ1) is 8.52. The zero-order chi connectivity index (χ0) is 13.7. The molecule has 1 aliphatic heterocycles. The lowest BCUT2D eigenvalue weighted by atomic mass is 9.87. The lowest BCUT2D eigenvalue weighted by Gasteiger charge is -2.36. The fraction of sp³-hybridized carbons (Fsp3) is 0.857. The van der Waals surface area contributed by atoms with E-state index in [0.29, 0.717) is 18.9 Å². The highest BCUT2D eigenvalue weighted by atomic mass is 16.4. The molecule has 1 unspecified atom stereocenters. The first-order valence-corrected chi connectivity index (χ1v) is 7.06. The summed E-state index contributed by atoms with van der Waals surface area (Å²) in [5.74, 6) is -0.551.